The number of benzene rings is 1. The SMILES string of the molecule is CC(=O)C1C(CN2CCCC2)N(c2ccc(C(F)(F)F)cc2)CCN1C(=O)O.Cl. The minimum atomic E-state index is -4.42. The number of rotatable bonds is 4. The Balaban J connectivity index is 0.00000300. The molecule has 2 atom stereocenters. The minimum Gasteiger partial charge on any atom is -0.465 e. The predicted octanol–water partition coefficient (Wildman–Crippen LogP) is 3.35. The first-order valence-electron chi connectivity index (χ1n) is 9.35. The van der Waals surface area contributed by atoms with Gasteiger partial charge in [-0.15, -0.1) is 12.4 Å². The van der Waals surface area contributed by atoms with Gasteiger partial charge in [0, 0.05) is 25.3 Å². The quantitative estimate of drug-likeness (QED) is 0.785. The van der Waals surface area contributed by atoms with E-state index < -0.39 is 29.9 Å². The molecular formula is C19H25ClF3N3O3. The molecule has 10 heteroatoms. The van der Waals surface area contributed by atoms with Gasteiger partial charge in [0.1, 0.15) is 6.04 Å². The lowest BCUT2D eigenvalue weighted by Crippen LogP contribution is -2.66. The van der Waals surface area contributed by atoms with Gasteiger partial charge in [0.05, 0.1) is 11.6 Å². The fourth-order valence-electron chi connectivity index (χ4n) is 4.19. The number of Topliss-reactive ketones (excluding diaryl/α,β-unsaturated/α-hetero) is 1. The molecule has 0 aliphatic carbocycles. The second kappa shape index (κ2) is 9.21. The summed E-state index contributed by atoms with van der Waals surface area (Å²) >= 11 is 0. The molecular weight excluding hydrogens is 411 g/mol. The van der Waals surface area contributed by atoms with Gasteiger partial charge in [0.25, 0.3) is 0 Å². The van der Waals surface area contributed by atoms with Crippen molar-refractivity contribution in [2.75, 3.05) is 37.6 Å². The number of piperazine rings is 1. The van der Waals surface area contributed by atoms with E-state index in [4.69, 9.17) is 0 Å². The van der Waals surface area contributed by atoms with Crippen molar-refractivity contribution < 1.29 is 27.9 Å². The van der Waals surface area contributed by atoms with Crippen molar-refractivity contribution in [1.82, 2.24) is 9.80 Å². The van der Waals surface area contributed by atoms with Crippen molar-refractivity contribution >= 4 is 30.0 Å². The van der Waals surface area contributed by atoms with Crippen LogP contribution in [-0.2, 0) is 11.0 Å². The topological polar surface area (TPSA) is 64.1 Å². The Morgan fingerprint density at radius 3 is 2.14 bits per heavy atom. The van der Waals surface area contributed by atoms with Crippen LogP contribution in [0, 0.1) is 0 Å². The van der Waals surface area contributed by atoms with Crippen LogP contribution in [0.3, 0.4) is 0 Å². The molecule has 0 saturated carbocycles. The van der Waals surface area contributed by atoms with Crippen molar-refractivity contribution in [2.24, 2.45) is 0 Å². The van der Waals surface area contributed by atoms with Gasteiger partial charge in [-0.25, -0.2) is 4.79 Å². The molecule has 3 rings (SSSR count). The number of carboxylic acid groups (broad SMARTS) is 1. The molecule has 2 unspecified atom stereocenters. The highest BCUT2D eigenvalue weighted by Gasteiger charge is 2.43. The van der Waals surface area contributed by atoms with E-state index in [2.05, 4.69) is 4.90 Å². The molecule has 2 fully saturated rings. The molecule has 0 radical (unpaired) electrons. The number of halogens is 4. The average Bonchev–Trinajstić information content (AvgIpc) is 3.13. The predicted molar refractivity (Wildman–Crippen MR) is 105 cm³/mol. The highest BCUT2D eigenvalue weighted by atomic mass is 35.5. The van der Waals surface area contributed by atoms with E-state index >= 15 is 0 Å². The van der Waals surface area contributed by atoms with Crippen LogP contribution in [0.25, 0.3) is 0 Å². The van der Waals surface area contributed by atoms with Gasteiger partial charge in [-0.3, -0.25) is 9.69 Å². The van der Waals surface area contributed by atoms with Crippen LogP contribution in [0.5, 0.6) is 0 Å². The number of amides is 1. The Morgan fingerprint density at radius 2 is 1.66 bits per heavy atom. The molecule has 1 aromatic carbocycles. The van der Waals surface area contributed by atoms with E-state index in [0.29, 0.717) is 18.8 Å². The molecule has 1 aromatic rings. The average molecular weight is 436 g/mol. The van der Waals surface area contributed by atoms with Crippen LogP contribution < -0.4 is 4.90 Å². The lowest BCUT2D eigenvalue weighted by atomic mass is 9.96. The third-order valence-corrected chi connectivity index (χ3v) is 5.51. The fourth-order valence-corrected chi connectivity index (χ4v) is 4.19. The molecule has 0 bridgehead atoms. The monoisotopic (exact) mass is 435 g/mol. The van der Waals surface area contributed by atoms with E-state index in [-0.39, 0.29) is 24.7 Å². The molecule has 1 N–H and O–H groups in total. The number of ketones is 1. The zero-order valence-corrected chi connectivity index (χ0v) is 16.9. The Bertz CT molecular complexity index is 724. The Labute approximate surface area is 173 Å². The lowest BCUT2D eigenvalue weighted by Gasteiger charge is -2.47. The van der Waals surface area contributed by atoms with Gasteiger partial charge < -0.3 is 14.9 Å². The van der Waals surface area contributed by atoms with Gasteiger partial charge in [0.2, 0.25) is 0 Å². The first-order chi connectivity index (χ1) is 13.2. The second-order valence-corrected chi connectivity index (χ2v) is 7.34. The number of likely N-dealkylation sites (tertiary alicyclic amines) is 1. The summed E-state index contributed by atoms with van der Waals surface area (Å²) in [6.45, 7) is 4.05. The maximum absolute atomic E-state index is 12.9. The zero-order chi connectivity index (χ0) is 20.5. The Morgan fingerprint density at radius 1 is 1.07 bits per heavy atom. The Kier molecular flexibility index (Phi) is 7.40. The minimum absolute atomic E-state index is 0. The summed E-state index contributed by atoms with van der Waals surface area (Å²) in [5, 5.41) is 9.54. The lowest BCUT2D eigenvalue weighted by molar-refractivity contribution is -0.137. The van der Waals surface area contributed by atoms with Crippen LogP contribution in [0.4, 0.5) is 23.7 Å². The molecule has 6 nitrogen and oxygen atoms in total. The normalized spacial score (nSPS) is 23.0. The molecule has 29 heavy (non-hydrogen) atoms. The maximum Gasteiger partial charge on any atom is 0.416 e. The van der Waals surface area contributed by atoms with Crippen LogP contribution in [0.2, 0.25) is 0 Å². The molecule has 2 aliphatic heterocycles. The maximum atomic E-state index is 12.9. The first-order valence-corrected chi connectivity index (χ1v) is 9.35. The molecule has 162 valence electrons. The van der Waals surface area contributed by atoms with E-state index in [1.165, 1.54) is 19.1 Å². The number of nitrogens with zero attached hydrogens (tertiary/aromatic N) is 3. The standard InChI is InChI=1S/C19H24F3N3O3.ClH/c1-13(26)17-16(12-23-8-2-3-9-23)24(10-11-25(17)18(27)28)15-6-4-14(5-7-15)19(20,21)22;/h4-7,16-17H,2-3,8-12H2,1H3,(H,27,28);1H. The third-order valence-electron chi connectivity index (χ3n) is 5.51. The smallest absolute Gasteiger partial charge is 0.416 e. The molecule has 0 aromatic heterocycles. The summed E-state index contributed by atoms with van der Waals surface area (Å²) in [6, 6.07) is 3.54. The largest absolute Gasteiger partial charge is 0.465 e. The summed E-state index contributed by atoms with van der Waals surface area (Å²) in [7, 11) is 0. The van der Waals surface area contributed by atoms with Gasteiger partial charge in [-0.05, 0) is 57.1 Å². The van der Waals surface area contributed by atoms with Crippen molar-refractivity contribution in [3.63, 3.8) is 0 Å². The summed E-state index contributed by atoms with van der Waals surface area (Å²) in [4.78, 5) is 29.2. The highest BCUT2D eigenvalue weighted by Crippen LogP contribution is 2.32. The van der Waals surface area contributed by atoms with Crippen LogP contribution in [-0.4, -0.2) is 71.6 Å². The molecule has 2 heterocycles. The third kappa shape index (κ3) is 5.14. The van der Waals surface area contributed by atoms with Crippen molar-refractivity contribution in [3.8, 4) is 0 Å². The number of hydrogen-bond acceptors (Lipinski definition) is 4. The van der Waals surface area contributed by atoms with Crippen LogP contribution in [0.15, 0.2) is 24.3 Å². The fraction of sp³-hybridized carbons (Fsp3) is 0.579. The van der Waals surface area contributed by atoms with Gasteiger partial charge in [0.15, 0.2) is 5.78 Å². The zero-order valence-electron chi connectivity index (χ0n) is 16.1. The first kappa shape index (κ1) is 23.3. The van der Waals surface area contributed by atoms with E-state index in [0.717, 1.165) is 43.0 Å². The summed E-state index contributed by atoms with van der Waals surface area (Å²) in [5.74, 6) is -0.261. The molecule has 2 saturated heterocycles. The van der Waals surface area contributed by atoms with Crippen molar-refractivity contribution in [2.45, 2.75) is 38.0 Å². The molecule has 0 spiro atoms. The summed E-state index contributed by atoms with van der Waals surface area (Å²) < 4.78 is 38.6. The van der Waals surface area contributed by atoms with Crippen LogP contribution in [0.1, 0.15) is 25.3 Å². The molecule has 2 aliphatic rings. The molecule has 1 amide bonds. The van der Waals surface area contributed by atoms with E-state index in [1.807, 2.05) is 4.90 Å². The van der Waals surface area contributed by atoms with Gasteiger partial charge >= 0.3 is 12.3 Å². The van der Waals surface area contributed by atoms with Crippen molar-refractivity contribution in [3.05, 3.63) is 29.8 Å². The number of hydrogen-bond donors (Lipinski definition) is 1. The number of carbonyl (C=O) groups is 2. The van der Waals surface area contributed by atoms with Crippen LogP contribution >= 0.6 is 12.4 Å². The summed E-state index contributed by atoms with van der Waals surface area (Å²) in [6.07, 6.45) is -3.49. The summed E-state index contributed by atoms with van der Waals surface area (Å²) in [5.41, 5.74) is -0.173. The highest BCUT2D eigenvalue weighted by molar-refractivity contribution is 5.87. The van der Waals surface area contributed by atoms with E-state index in [9.17, 15) is 27.9 Å². The van der Waals surface area contributed by atoms with Gasteiger partial charge in [-0.2, -0.15) is 13.2 Å². The van der Waals surface area contributed by atoms with E-state index in [1.54, 1.807) is 0 Å². The number of carbonyl (C=O) groups excluding carboxylic acids is 1. The second-order valence-electron chi connectivity index (χ2n) is 7.34. The Hall–Kier alpha value is -2.00. The van der Waals surface area contributed by atoms with Crippen molar-refractivity contribution in [1.29, 1.82) is 0 Å². The van der Waals surface area contributed by atoms with Gasteiger partial charge in [-0.1, -0.05) is 0 Å². The number of anilines is 1. The number of alkyl halides is 3.